The highest BCUT2D eigenvalue weighted by Gasteiger charge is 2.16. The summed E-state index contributed by atoms with van der Waals surface area (Å²) in [5, 5.41) is 21.7. The minimum atomic E-state index is -0.771. The number of carbonyl (C=O) groups is 1. The highest BCUT2D eigenvalue weighted by molar-refractivity contribution is 5.91. The molecule has 1 aromatic carbocycles. The number of aromatic hydroxyl groups is 1. The SMILES string of the molecule is COc1cc(C=CC(=O)NCN2CCN(CCCO[N+](=O)[O-])CC2)ccc1O. The van der Waals surface area contributed by atoms with E-state index in [0.717, 1.165) is 38.3 Å². The molecule has 10 nitrogen and oxygen atoms in total. The molecule has 28 heavy (non-hydrogen) atoms. The van der Waals surface area contributed by atoms with Gasteiger partial charge < -0.3 is 24.9 Å². The highest BCUT2D eigenvalue weighted by atomic mass is 16.9. The molecule has 1 heterocycles. The van der Waals surface area contributed by atoms with E-state index in [1.54, 1.807) is 18.2 Å². The third-order valence-corrected chi connectivity index (χ3v) is 4.39. The predicted molar refractivity (Wildman–Crippen MR) is 102 cm³/mol. The van der Waals surface area contributed by atoms with Crippen LogP contribution in [0, 0.1) is 10.1 Å². The van der Waals surface area contributed by atoms with Crippen LogP contribution in [0.1, 0.15) is 12.0 Å². The van der Waals surface area contributed by atoms with Crippen molar-refractivity contribution in [1.82, 2.24) is 15.1 Å². The zero-order chi connectivity index (χ0) is 20.4. The molecule has 2 rings (SSSR count). The van der Waals surface area contributed by atoms with Crippen molar-refractivity contribution < 1.29 is 24.6 Å². The minimum absolute atomic E-state index is 0.0496. The zero-order valence-electron chi connectivity index (χ0n) is 15.9. The number of methoxy groups -OCH3 is 1. The second-order valence-electron chi connectivity index (χ2n) is 6.33. The first-order chi connectivity index (χ1) is 13.5. The number of nitrogens with one attached hydrogen (secondary N) is 1. The van der Waals surface area contributed by atoms with Gasteiger partial charge in [-0.25, -0.2) is 0 Å². The molecule has 0 radical (unpaired) electrons. The molecule has 0 unspecified atom stereocenters. The molecule has 1 aliphatic heterocycles. The van der Waals surface area contributed by atoms with Gasteiger partial charge in [0.05, 0.1) is 20.4 Å². The van der Waals surface area contributed by atoms with Gasteiger partial charge >= 0.3 is 0 Å². The molecule has 1 fully saturated rings. The lowest BCUT2D eigenvalue weighted by atomic mass is 10.2. The summed E-state index contributed by atoms with van der Waals surface area (Å²) < 4.78 is 5.04. The molecule has 0 bridgehead atoms. The summed E-state index contributed by atoms with van der Waals surface area (Å²) in [6, 6.07) is 4.85. The van der Waals surface area contributed by atoms with Crippen molar-refractivity contribution in [3.63, 3.8) is 0 Å². The third kappa shape index (κ3) is 7.41. The van der Waals surface area contributed by atoms with Gasteiger partial charge in [-0.05, 0) is 30.2 Å². The van der Waals surface area contributed by atoms with Crippen LogP contribution in [0.15, 0.2) is 24.3 Å². The summed E-state index contributed by atoms with van der Waals surface area (Å²) in [5.74, 6) is 0.199. The molecular formula is C18H26N4O6. The van der Waals surface area contributed by atoms with Crippen LogP contribution in [0.3, 0.4) is 0 Å². The lowest BCUT2D eigenvalue weighted by Gasteiger charge is -2.34. The fourth-order valence-electron chi connectivity index (χ4n) is 2.82. The Labute approximate surface area is 163 Å². The largest absolute Gasteiger partial charge is 0.504 e. The van der Waals surface area contributed by atoms with E-state index in [2.05, 4.69) is 20.0 Å². The van der Waals surface area contributed by atoms with Crippen molar-refractivity contribution in [3.05, 3.63) is 40.0 Å². The molecule has 1 aromatic rings. The summed E-state index contributed by atoms with van der Waals surface area (Å²) in [6.45, 7) is 4.65. The summed E-state index contributed by atoms with van der Waals surface area (Å²) in [7, 11) is 1.47. The Kier molecular flexibility index (Phi) is 8.50. The number of phenolic OH excluding ortho intramolecular Hbond substituents is 1. The normalized spacial score (nSPS) is 15.5. The van der Waals surface area contributed by atoms with Crippen LogP contribution in [-0.4, -0.2) is 79.0 Å². The van der Waals surface area contributed by atoms with E-state index >= 15 is 0 Å². The van der Waals surface area contributed by atoms with E-state index in [-0.39, 0.29) is 18.3 Å². The molecule has 1 aliphatic rings. The Balaban J connectivity index is 1.65. The lowest BCUT2D eigenvalue weighted by molar-refractivity contribution is -0.757. The van der Waals surface area contributed by atoms with E-state index in [0.29, 0.717) is 18.8 Å². The highest BCUT2D eigenvalue weighted by Crippen LogP contribution is 2.26. The van der Waals surface area contributed by atoms with E-state index in [1.165, 1.54) is 19.3 Å². The van der Waals surface area contributed by atoms with E-state index in [4.69, 9.17) is 4.74 Å². The van der Waals surface area contributed by atoms with Gasteiger partial charge in [-0.1, -0.05) is 6.07 Å². The second-order valence-corrected chi connectivity index (χ2v) is 6.33. The van der Waals surface area contributed by atoms with Crippen molar-refractivity contribution in [2.75, 3.05) is 53.1 Å². The average Bonchev–Trinajstić information content (AvgIpc) is 2.69. The fourth-order valence-corrected chi connectivity index (χ4v) is 2.82. The number of hydrogen-bond acceptors (Lipinski definition) is 8. The van der Waals surface area contributed by atoms with Gasteiger partial charge in [0.25, 0.3) is 5.09 Å². The van der Waals surface area contributed by atoms with Crippen molar-refractivity contribution in [2.24, 2.45) is 0 Å². The van der Waals surface area contributed by atoms with Crippen LogP contribution in [0.25, 0.3) is 6.08 Å². The van der Waals surface area contributed by atoms with Crippen LogP contribution >= 0.6 is 0 Å². The Morgan fingerprint density at radius 1 is 1.32 bits per heavy atom. The quantitative estimate of drug-likeness (QED) is 0.258. The van der Waals surface area contributed by atoms with Crippen molar-refractivity contribution in [2.45, 2.75) is 6.42 Å². The molecule has 154 valence electrons. The molecule has 0 atom stereocenters. The maximum atomic E-state index is 12.0. The van der Waals surface area contributed by atoms with E-state index in [9.17, 15) is 20.0 Å². The van der Waals surface area contributed by atoms with Gasteiger partial charge in [0, 0.05) is 38.8 Å². The predicted octanol–water partition coefficient (Wildman–Crippen LogP) is 0.704. The lowest BCUT2D eigenvalue weighted by Crippen LogP contribution is -2.50. The number of rotatable bonds is 10. The zero-order valence-corrected chi connectivity index (χ0v) is 15.9. The van der Waals surface area contributed by atoms with Crippen molar-refractivity contribution >= 4 is 12.0 Å². The molecule has 1 amide bonds. The smallest absolute Gasteiger partial charge is 0.294 e. The summed E-state index contributed by atoms with van der Waals surface area (Å²) >= 11 is 0. The van der Waals surface area contributed by atoms with Gasteiger partial charge in [0.2, 0.25) is 5.91 Å². The van der Waals surface area contributed by atoms with Gasteiger partial charge in [0.15, 0.2) is 11.5 Å². The topological polar surface area (TPSA) is 117 Å². The maximum absolute atomic E-state index is 12.0. The Bertz CT molecular complexity index is 689. The van der Waals surface area contributed by atoms with Crippen LogP contribution in [0.2, 0.25) is 0 Å². The monoisotopic (exact) mass is 394 g/mol. The molecule has 0 aromatic heterocycles. The van der Waals surface area contributed by atoms with Gasteiger partial charge in [-0.15, -0.1) is 10.1 Å². The van der Waals surface area contributed by atoms with Gasteiger partial charge in [-0.3, -0.25) is 9.69 Å². The molecule has 10 heteroatoms. The summed E-state index contributed by atoms with van der Waals surface area (Å²) in [5.41, 5.74) is 0.750. The number of amides is 1. The number of benzene rings is 1. The molecule has 0 saturated carbocycles. The standard InChI is InChI=1S/C18H26N4O6/c1-27-17-13-15(3-5-16(17)23)4-6-18(24)19-14-21-10-8-20(9-11-21)7-2-12-28-22(25)26/h3-6,13,23H,2,7-12,14H2,1H3,(H,19,24). The van der Waals surface area contributed by atoms with Crippen LogP contribution < -0.4 is 10.1 Å². The first-order valence-corrected chi connectivity index (χ1v) is 9.03. The summed E-state index contributed by atoms with van der Waals surface area (Å²) in [6.07, 6.45) is 3.71. The number of carbonyl (C=O) groups excluding carboxylic acids is 1. The van der Waals surface area contributed by atoms with Crippen LogP contribution in [0.5, 0.6) is 11.5 Å². The second kappa shape index (κ2) is 11.1. The molecule has 1 saturated heterocycles. The van der Waals surface area contributed by atoms with Gasteiger partial charge in [0.1, 0.15) is 0 Å². The third-order valence-electron chi connectivity index (χ3n) is 4.39. The number of ether oxygens (including phenoxy) is 1. The fraction of sp³-hybridized carbons (Fsp3) is 0.500. The van der Waals surface area contributed by atoms with E-state index < -0.39 is 5.09 Å². The molecule has 2 N–H and O–H groups in total. The Morgan fingerprint density at radius 3 is 2.71 bits per heavy atom. The molecular weight excluding hydrogens is 368 g/mol. The van der Waals surface area contributed by atoms with Crippen molar-refractivity contribution in [3.8, 4) is 11.5 Å². The molecule has 0 spiro atoms. The van der Waals surface area contributed by atoms with Gasteiger partial charge in [-0.2, -0.15) is 0 Å². The first kappa shape index (κ1) is 21.5. The van der Waals surface area contributed by atoms with Crippen LogP contribution in [-0.2, 0) is 9.63 Å². The number of nitrogens with zero attached hydrogens (tertiary/aromatic N) is 3. The van der Waals surface area contributed by atoms with E-state index in [1.807, 2.05) is 0 Å². The van der Waals surface area contributed by atoms with Crippen LogP contribution in [0.4, 0.5) is 0 Å². The number of hydrogen-bond donors (Lipinski definition) is 2. The maximum Gasteiger partial charge on any atom is 0.294 e. The van der Waals surface area contributed by atoms with Crippen molar-refractivity contribution in [1.29, 1.82) is 0 Å². The minimum Gasteiger partial charge on any atom is -0.504 e. The average molecular weight is 394 g/mol. The Hall–Kier alpha value is -2.85. The summed E-state index contributed by atoms with van der Waals surface area (Å²) in [4.78, 5) is 30.8. The molecule has 0 aliphatic carbocycles. The number of phenols is 1. The Morgan fingerprint density at radius 2 is 2.04 bits per heavy atom. The first-order valence-electron chi connectivity index (χ1n) is 9.03. The number of piperazine rings is 1.